The van der Waals surface area contributed by atoms with Crippen LogP contribution < -0.4 is 5.32 Å². The molecule has 0 bridgehead atoms. The van der Waals surface area contributed by atoms with Gasteiger partial charge in [0.05, 0.1) is 5.56 Å². The van der Waals surface area contributed by atoms with Gasteiger partial charge in [0.15, 0.2) is 0 Å². The molecule has 1 amide bonds. The minimum atomic E-state index is -0.0532. The highest BCUT2D eigenvalue weighted by Gasteiger charge is 2.27. The third-order valence-corrected chi connectivity index (χ3v) is 6.84. The number of tetrazole rings is 1. The number of thiophene rings is 1. The Kier molecular flexibility index (Phi) is 4.48. The number of amides is 1. The highest BCUT2D eigenvalue weighted by atomic mass is 79.9. The molecule has 3 heterocycles. The highest BCUT2D eigenvalue weighted by Crippen LogP contribution is 2.37. The van der Waals surface area contributed by atoms with E-state index in [9.17, 15) is 4.79 Å². The van der Waals surface area contributed by atoms with Crippen LogP contribution in [0.4, 0.5) is 0 Å². The molecule has 4 aromatic rings. The van der Waals surface area contributed by atoms with E-state index < -0.39 is 0 Å². The zero-order valence-corrected chi connectivity index (χ0v) is 17.3. The summed E-state index contributed by atoms with van der Waals surface area (Å²) in [5, 5.41) is 16.5. The molecule has 0 saturated heterocycles. The molecule has 1 N–H and O–H groups in total. The van der Waals surface area contributed by atoms with Gasteiger partial charge in [-0.25, -0.2) is 0 Å². The third-order valence-electron chi connectivity index (χ3n) is 5.06. The summed E-state index contributed by atoms with van der Waals surface area (Å²) in [6, 6.07) is 8.30. The summed E-state index contributed by atoms with van der Waals surface area (Å²) < 4.78 is 4.79. The SMILES string of the molecule is O=C(NCCn1ccc2ccc(Br)cc21)c1c(-n2cnnn2)sc2c1CCC2. The van der Waals surface area contributed by atoms with E-state index in [4.69, 9.17) is 0 Å². The Hall–Kier alpha value is -2.52. The fraction of sp³-hybridized carbons (Fsp3) is 0.263. The maximum absolute atomic E-state index is 13.0. The second-order valence-electron chi connectivity index (χ2n) is 6.76. The van der Waals surface area contributed by atoms with Crippen LogP contribution >= 0.6 is 27.3 Å². The number of nitrogens with one attached hydrogen (secondary N) is 1. The fourth-order valence-corrected chi connectivity index (χ4v) is 5.42. The molecule has 0 fully saturated rings. The maximum Gasteiger partial charge on any atom is 0.254 e. The van der Waals surface area contributed by atoms with E-state index >= 15 is 0 Å². The van der Waals surface area contributed by atoms with Gasteiger partial charge in [-0.05, 0) is 58.8 Å². The van der Waals surface area contributed by atoms with E-state index in [2.05, 4.69) is 65.7 Å². The van der Waals surface area contributed by atoms with Crippen molar-refractivity contribution in [3.63, 3.8) is 0 Å². The van der Waals surface area contributed by atoms with Gasteiger partial charge in [0.25, 0.3) is 5.91 Å². The van der Waals surface area contributed by atoms with Crippen LogP contribution in [0, 0.1) is 0 Å². The normalized spacial score (nSPS) is 13.2. The number of hydrogen-bond acceptors (Lipinski definition) is 5. The van der Waals surface area contributed by atoms with Gasteiger partial charge in [0.2, 0.25) is 0 Å². The Bertz CT molecular complexity index is 1160. The molecule has 5 rings (SSSR count). The Balaban J connectivity index is 1.35. The lowest BCUT2D eigenvalue weighted by Crippen LogP contribution is -2.28. The largest absolute Gasteiger partial charge is 0.350 e. The molecule has 0 saturated carbocycles. The molecule has 9 heteroatoms. The molecule has 3 aromatic heterocycles. The van der Waals surface area contributed by atoms with Crippen molar-refractivity contribution in [2.45, 2.75) is 25.8 Å². The summed E-state index contributed by atoms with van der Waals surface area (Å²) in [5.74, 6) is -0.0532. The first kappa shape index (κ1) is 17.6. The smallest absolute Gasteiger partial charge is 0.254 e. The van der Waals surface area contributed by atoms with E-state index in [0.29, 0.717) is 13.1 Å². The minimum Gasteiger partial charge on any atom is -0.350 e. The molecular formula is C19H17BrN6OS. The molecule has 0 spiro atoms. The predicted octanol–water partition coefficient (Wildman–Crippen LogP) is 3.36. The number of carbonyl (C=O) groups excluding carboxylic acids is 1. The molecule has 1 aliphatic carbocycles. The summed E-state index contributed by atoms with van der Waals surface area (Å²) in [4.78, 5) is 14.3. The molecule has 7 nitrogen and oxygen atoms in total. The number of fused-ring (bicyclic) bond motifs is 2. The summed E-state index contributed by atoms with van der Waals surface area (Å²) in [6.45, 7) is 1.26. The second kappa shape index (κ2) is 7.14. The van der Waals surface area contributed by atoms with Crippen LogP contribution in [0.5, 0.6) is 0 Å². The van der Waals surface area contributed by atoms with Gasteiger partial charge in [-0.3, -0.25) is 4.79 Å². The molecule has 1 aromatic carbocycles. The van der Waals surface area contributed by atoms with Crippen LogP contribution in [-0.4, -0.2) is 37.2 Å². The van der Waals surface area contributed by atoms with Crippen molar-refractivity contribution in [2.75, 3.05) is 6.54 Å². The van der Waals surface area contributed by atoms with Gasteiger partial charge in [0.1, 0.15) is 11.3 Å². The van der Waals surface area contributed by atoms with Gasteiger partial charge < -0.3 is 9.88 Å². The number of halogens is 1. The van der Waals surface area contributed by atoms with E-state index in [1.807, 2.05) is 6.07 Å². The highest BCUT2D eigenvalue weighted by molar-refractivity contribution is 9.10. The molecular weight excluding hydrogens is 440 g/mol. The summed E-state index contributed by atoms with van der Waals surface area (Å²) in [6.07, 6.45) is 6.65. The van der Waals surface area contributed by atoms with Crippen molar-refractivity contribution in [1.29, 1.82) is 0 Å². The second-order valence-corrected chi connectivity index (χ2v) is 8.76. The Morgan fingerprint density at radius 2 is 2.21 bits per heavy atom. The summed E-state index contributed by atoms with van der Waals surface area (Å²) in [5.41, 5.74) is 3.03. The van der Waals surface area contributed by atoms with Crippen LogP contribution in [0.15, 0.2) is 41.3 Å². The van der Waals surface area contributed by atoms with Crippen molar-refractivity contribution >= 4 is 44.1 Å². The first-order valence-electron chi connectivity index (χ1n) is 9.11. The van der Waals surface area contributed by atoms with Gasteiger partial charge in [-0.2, -0.15) is 4.68 Å². The number of nitrogens with zero attached hydrogens (tertiary/aromatic N) is 5. The lowest BCUT2D eigenvalue weighted by Gasteiger charge is -2.10. The van der Waals surface area contributed by atoms with Crippen molar-refractivity contribution in [1.82, 2.24) is 30.1 Å². The average Bonchev–Trinajstić information content (AvgIpc) is 3.45. The molecule has 0 unspecified atom stereocenters. The van der Waals surface area contributed by atoms with Crippen LogP contribution in [0.25, 0.3) is 15.9 Å². The van der Waals surface area contributed by atoms with E-state index in [1.54, 1.807) is 22.3 Å². The molecule has 1 aliphatic rings. The average molecular weight is 457 g/mol. The van der Waals surface area contributed by atoms with E-state index in [1.165, 1.54) is 10.3 Å². The third kappa shape index (κ3) is 3.04. The van der Waals surface area contributed by atoms with Crippen LogP contribution in [-0.2, 0) is 19.4 Å². The zero-order chi connectivity index (χ0) is 19.1. The van der Waals surface area contributed by atoms with Crippen molar-refractivity contribution in [3.05, 3.63) is 57.3 Å². The minimum absolute atomic E-state index is 0.0532. The Labute approximate surface area is 173 Å². The number of hydrogen-bond donors (Lipinski definition) is 1. The number of carbonyl (C=O) groups is 1. The molecule has 142 valence electrons. The fourth-order valence-electron chi connectivity index (χ4n) is 3.77. The predicted molar refractivity (Wildman–Crippen MR) is 111 cm³/mol. The van der Waals surface area contributed by atoms with Crippen molar-refractivity contribution in [2.24, 2.45) is 0 Å². The van der Waals surface area contributed by atoms with Crippen LogP contribution in [0.1, 0.15) is 27.2 Å². The lowest BCUT2D eigenvalue weighted by molar-refractivity contribution is 0.0952. The van der Waals surface area contributed by atoms with Gasteiger partial charge in [-0.15, -0.1) is 16.4 Å². The Morgan fingerprint density at radius 1 is 1.29 bits per heavy atom. The Morgan fingerprint density at radius 3 is 3.07 bits per heavy atom. The number of benzene rings is 1. The van der Waals surface area contributed by atoms with E-state index in [-0.39, 0.29) is 5.91 Å². The topological polar surface area (TPSA) is 77.6 Å². The van der Waals surface area contributed by atoms with E-state index in [0.717, 1.165) is 45.4 Å². The van der Waals surface area contributed by atoms with Crippen molar-refractivity contribution in [3.8, 4) is 5.00 Å². The van der Waals surface area contributed by atoms with Crippen LogP contribution in [0.3, 0.4) is 0 Å². The van der Waals surface area contributed by atoms with Gasteiger partial charge in [0, 0.05) is 34.2 Å². The molecule has 28 heavy (non-hydrogen) atoms. The monoisotopic (exact) mass is 456 g/mol. The standard InChI is InChI=1S/C19H17BrN6OS/c20-13-5-4-12-6-8-25(15(12)10-13)9-7-21-18(27)17-14-2-1-3-16(14)28-19(17)26-11-22-23-24-26/h4-6,8,10-11H,1-3,7,9H2,(H,21,27). The maximum atomic E-state index is 13.0. The molecule has 0 radical (unpaired) electrons. The van der Waals surface area contributed by atoms with Crippen molar-refractivity contribution < 1.29 is 4.79 Å². The quantitative estimate of drug-likeness (QED) is 0.499. The first-order valence-corrected chi connectivity index (χ1v) is 10.7. The first-order chi connectivity index (χ1) is 13.7. The summed E-state index contributed by atoms with van der Waals surface area (Å²) in [7, 11) is 0. The molecule has 0 atom stereocenters. The van der Waals surface area contributed by atoms with Crippen LogP contribution in [0.2, 0.25) is 0 Å². The lowest BCUT2D eigenvalue weighted by atomic mass is 10.1. The van der Waals surface area contributed by atoms with Gasteiger partial charge in [-0.1, -0.05) is 22.0 Å². The number of aryl methyl sites for hydroxylation is 1. The molecule has 0 aliphatic heterocycles. The number of aromatic nitrogens is 5. The number of rotatable bonds is 5. The summed E-state index contributed by atoms with van der Waals surface area (Å²) >= 11 is 5.14. The zero-order valence-electron chi connectivity index (χ0n) is 14.9. The van der Waals surface area contributed by atoms with Gasteiger partial charge >= 0.3 is 0 Å².